The molecule has 1 saturated heterocycles. The summed E-state index contributed by atoms with van der Waals surface area (Å²) in [5, 5.41) is 1.83. The van der Waals surface area contributed by atoms with Crippen molar-refractivity contribution in [2.75, 3.05) is 19.8 Å². The number of fused-ring (bicyclic) bond motifs is 1. The Hall–Kier alpha value is -4.23. The van der Waals surface area contributed by atoms with Gasteiger partial charge >= 0.3 is 0 Å². The third kappa shape index (κ3) is 6.26. The molecule has 39 heavy (non-hydrogen) atoms. The Morgan fingerprint density at radius 3 is 2.41 bits per heavy atom. The molecule has 4 aromatic rings. The van der Waals surface area contributed by atoms with Crippen LogP contribution in [0.25, 0.3) is 16.8 Å². The molecule has 1 aliphatic rings. The van der Waals surface area contributed by atoms with Gasteiger partial charge in [-0.15, -0.1) is 0 Å². The number of aryl methyl sites for hydroxylation is 1. The number of rotatable bonds is 10. The van der Waals surface area contributed by atoms with Crippen LogP contribution in [-0.4, -0.2) is 35.9 Å². The highest BCUT2D eigenvalue weighted by atomic mass is 32.2. The minimum absolute atomic E-state index is 0.227. The second kappa shape index (κ2) is 12.1. The van der Waals surface area contributed by atoms with Gasteiger partial charge in [-0.1, -0.05) is 66.2 Å². The summed E-state index contributed by atoms with van der Waals surface area (Å²) >= 11 is 0.950. The number of carbonyl (C=O) groups excluding carboxylic acids is 2. The molecule has 1 aliphatic heterocycles. The van der Waals surface area contributed by atoms with Gasteiger partial charge in [0.2, 0.25) is 0 Å². The number of nitrogens with zero attached hydrogens (tertiary/aromatic N) is 1. The van der Waals surface area contributed by atoms with Gasteiger partial charge in [-0.05, 0) is 77.9 Å². The van der Waals surface area contributed by atoms with E-state index >= 15 is 0 Å². The van der Waals surface area contributed by atoms with Crippen LogP contribution in [0, 0.1) is 6.92 Å². The van der Waals surface area contributed by atoms with E-state index in [-0.39, 0.29) is 17.7 Å². The van der Waals surface area contributed by atoms with Gasteiger partial charge in [0.25, 0.3) is 11.1 Å². The lowest BCUT2D eigenvalue weighted by atomic mass is 10.0. The molecule has 0 unspecified atom stereocenters. The fraction of sp³-hybridized carbons (Fsp3) is 0.188. The molecule has 0 atom stereocenters. The van der Waals surface area contributed by atoms with Gasteiger partial charge in [0.05, 0.1) is 18.1 Å². The number of hydrogen-bond donors (Lipinski definition) is 0. The van der Waals surface area contributed by atoms with Crippen LogP contribution >= 0.6 is 11.8 Å². The SMILES string of the molecule is CCOc1cc(/C=C2\SC(=O)N(Cc3cccc4ccccc34)C2=O)ccc1OCCOc1ccc(C)cc1. The van der Waals surface area contributed by atoms with Gasteiger partial charge < -0.3 is 14.2 Å². The predicted octanol–water partition coefficient (Wildman–Crippen LogP) is 7.24. The van der Waals surface area contributed by atoms with Crippen molar-refractivity contribution in [2.45, 2.75) is 20.4 Å². The van der Waals surface area contributed by atoms with Crippen molar-refractivity contribution in [2.24, 2.45) is 0 Å². The number of carbonyl (C=O) groups is 2. The van der Waals surface area contributed by atoms with Crippen LogP contribution in [0.4, 0.5) is 4.79 Å². The van der Waals surface area contributed by atoms with E-state index in [9.17, 15) is 9.59 Å². The first-order chi connectivity index (χ1) is 19.0. The third-order valence-corrected chi connectivity index (χ3v) is 7.19. The highest BCUT2D eigenvalue weighted by Gasteiger charge is 2.35. The maximum atomic E-state index is 13.2. The third-order valence-electron chi connectivity index (χ3n) is 6.28. The normalized spacial score (nSPS) is 14.3. The quantitative estimate of drug-likeness (QED) is 0.156. The van der Waals surface area contributed by atoms with Crippen molar-refractivity contribution in [3.8, 4) is 17.2 Å². The first-order valence-electron chi connectivity index (χ1n) is 12.8. The van der Waals surface area contributed by atoms with Gasteiger partial charge in [-0.25, -0.2) is 0 Å². The Morgan fingerprint density at radius 1 is 0.821 bits per heavy atom. The average Bonchev–Trinajstić information content (AvgIpc) is 3.20. The standard InChI is InChI=1S/C32H29NO5S/c1-3-36-29-19-23(13-16-28(29)38-18-17-37-26-14-11-22(2)12-15-26)20-30-31(34)33(32(35)39-30)21-25-9-6-8-24-7-4-5-10-27(24)25/h4-16,19-20H,3,17-18,21H2,1-2H3/b30-20-. The summed E-state index contributed by atoms with van der Waals surface area (Å²) in [7, 11) is 0. The number of ether oxygens (including phenoxy) is 3. The Bertz CT molecular complexity index is 1520. The van der Waals surface area contributed by atoms with Crippen molar-refractivity contribution < 1.29 is 23.8 Å². The van der Waals surface area contributed by atoms with Gasteiger partial charge in [0, 0.05) is 0 Å². The Balaban J connectivity index is 1.26. The van der Waals surface area contributed by atoms with Crippen molar-refractivity contribution in [1.29, 1.82) is 0 Å². The Kier molecular flexibility index (Phi) is 8.18. The van der Waals surface area contributed by atoms with Crippen molar-refractivity contribution in [3.05, 3.63) is 107 Å². The number of benzene rings is 4. The van der Waals surface area contributed by atoms with E-state index in [0.29, 0.717) is 36.2 Å². The molecule has 5 rings (SSSR count). The minimum atomic E-state index is -0.301. The molecule has 0 radical (unpaired) electrons. The fourth-order valence-electron chi connectivity index (χ4n) is 4.34. The lowest BCUT2D eigenvalue weighted by Crippen LogP contribution is -2.27. The zero-order chi connectivity index (χ0) is 27.2. The molecule has 0 spiro atoms. The highest BCUT2D eigenvalue weighted by Crippen LogP contribution is 2.36. The molecule has 4 aromatic carbocycles. The van der Waals surface area contributed by atoms with E-state index in [4.69, 9.17) is 14.2 Å². The van der Waals surface area contributed by atoms with E-state index in [1.807, 2.05) is 98.8 Å². The molecule has 7 heteroatoms. The predicted molar refractivity (Wildman–Crippen MR) is 155 cm³/mol. The van der Waals surface area contributed by atoms with E-state index < -0.39 is 0 Å². The number of imide groups is 1. The minimum Gasteiger partial charge on any atom is -0.490 e. The molecule has 2 amide bonds. The van der Waals surface area contributed by atoms with Gasteiger partial charge in [0.15, 0.2) is 11.5 Å². The molecule has 0 bridgehead atoms. The lowest BCUT2D eigenvalue weighted by Gasteiger charge is -2.14. The molecule has 0 N–H and O–H groups in total. The molecule has 1 heterocycles. The summed E-state index contributed by atoms with van der Waals surface area (Å²) in [6, 6.07) is 27.2. The van der Waals surface area contributed by atoms with Crippen LogP contribution in [0.15, 0.2) is 89.8 Å². The fourth-order valence-corrected chi connectivity index (χ4v) is 5.17. The van der Waals surface area contributed by atoms with Crippen LogP contribution in [0.2, 0.25) is 0 Å². The number of hydrogen-bond acceptors (Lipinski definition) is 6. The average molecular weight is 540 g/mol. The van der Waals surface area contributed by atoms with Crippen LogP contribution in [-0.2, 0) is 11.3 Å². The van der Waals surface area contributed by atoms with Gasteiger partial charge in [0.1, 0.15) is 19.0 Å². The molecule has 0 aliphatic carbocycles. The van der Waals surface area contributed by atoms with Crippen molar-refractivity contribution in [1.82, 2.24) is 4.90 Å². The van der Waals surface area contributed by atoms with Gasteiger partial charge in [-0.2, -0.15) is 0 Å². The summed E-state index contributed by atoms with van der Waals surface area (Å²) in [6.07, 6.45) is 1.72. The highest BCUT2D eigenvalue weighted by molar-refractivity contribution is 8.18. The smallest absolute Gasteiger partial charge is 0.293 e. The lowest BCUT2D eigenvalue weighted by molar-refractivity contribution is -0.123. The summed E-state index contributed by atoms with van der Waals surface area (Å²) < 4.78 is 17.4. The summed E-state index contributed by atoms with van der Waals surface area (Å²) in [6.45, 7) is 5.35. The maximum Gasteiger partial charge on any atom is 0.293 e. The van der Waals surface area contributed by atoms with Crippen LogP contribution < -0.4 is 14.2 Å². The number of amides is 2. The molecule has 6 nitrogen and oxygen atoms in total. The summed E-state index contributed by atoms with van der Waals surface area (Å²) in [4.78, 5) is 27.7. The van der Waals surface area contributed by atoms with E-state index in [1.165, 1.54) is 10.5 Å². The molecular formula is C32H29NO5S. The molecule has 0 saturated carbocycles. The molecule has 1 fully saturated rings. The molecule has 198 valence electrons. The Labute approximate surface area is 232 Å². The zero-order valence-electron chi connectivity index (χ0n) is 21.9. The van der Waals surface area contributed by atoms with Gasteiger partial charge in [-0.3, -0.25) is 14.5 Å². The topological polar surface area (TPSA) is 65.1 Å². The largest absolute Gasteiger partial charge is 0.490 e. The van der Waals surface area contributed by atoms with E-state index in [2.05, 4.69) is 0 Å². The van der Waals surface area contributed by atoms with Crippen molar-refractivity contribution >= 4 is 39.8 Å². The number of thioether (sulfide) groups is 1. The second-order valence-corrected chi connectivity index (χ2v) is 10.0. The first-order valence-corrected chi connectivity index (χ1v) is 13.6. The summed E-state index contributed by atoms with van der Waals surface area (Å²) in [5.74, 6) is 1.64. The van der Waals surface area contributed by atoms with E-state index in [0.717, 1.165) is 39.4 Å². The second-order valence-electron chi connectivity index (χ2n) is 9.06. The zero-order valence-corrected chi connectivity index (χ0v) is 22.7. The molecular weight excluding hydrogens is 510 g/mol. The van der Waals surface area contributed by atoms with Crippen LogP contribution in [0.5, 0.6) is 17.2 Å². The van der Waals surface area contributed by atoms with Crippen molar-refractivity contribution in [3.63, 3.8) is 0 Å². The maximum absolute atomic E-state index is 13.2. The summed E-state index contributed by atoms with van der Waals surface area (Å²) in [5.41, 5.74) is 2.86. The molecule has 0 aromatic heterocycles. The first kappa shape index (κ1) is 26.4. The Morgan fingerprint density at radius 2 is 1.59 bits per heavy atom. The van der Waals surface area contributed by atoms with E-state index in [1.54, 1.807) is 6.08 Å². The van der Waals surface area contributed by atoms with Crippen LogP contribution in [0.3, 0.4) is 0 Å². The van der Waals surface area contributed by atoms with Crippen LogP contribution in [0.1, 0.15) is 23.6 Å². The monoisotopic (exact) mass is 539 g/mol.